The summed E-state index contributed by atoms with van der Waals surface area (Å²) in [6.07, 6.45) is 2.38. The molecular formula is C20H16ClNO3. The standard InChI is InChI=1S/C20H16ClNO3/c21-17-8-15-14(12-4-2-1-3-5-12)9-18(23)25-19(15)16-10-22(13-6-7-13)11-24-20(16)17/h1-5,8-9,13H,6-7,10-11H2. The van der Waals surface area contributed by atoms with Crippen LogP contribution in [0.1, 0.15) is 18.4 Å². The number of benzene rings is 2. The van der Waals surface area contributed by atoms with Crippen molar-refractivity contribution in [1.29, 1.82) is 0 Å². The molecule has 1 aliphatic carbocycles. The third-order valence-corrected chi connectivity index (χ3v) is 5.20. The first-order valence-electron chi connectivity index (χ1n) is 8.42. The lowest BCUT2D eigenvalue weighted by Crippen LogP contribution is -2.34. The summed E-state index contributed by atoms with van der Waals surface area (Å²) in [5.74, 6) is 0.638. The molecule has 0 bridgehead atoms. The maximum Gasteiger partial charge on any atom is 0.336 e. The van der Waals surface area contributed by atoms with Crippen molar-refractivity contribution in [1.82, 2.24) is 4.90 Å². The predicted octanol–water partition coefficient (Wildman–Crippen LogP) is 4.43. The fourth-order valence-electron chi connectivity index (χ4n) is 3.54. The van der Waals surface area contributed by atoms with Crippen LogP contribution in [0.3, 0.4) is 0 Å². The molecule has 2 aromatic carbocycles. The monoisotopic (exact) mass is 353 g/mol. The van der Waals surface area contributed by atoms with E-state index in [-0.39, 0.29) is 5.63 Å². The molecule has 0 amide bonds. The smallest absolute Gasteiger partial charge is 0.336 e. The molecule has 0 spiro atoms. The summed E-state index contributed by atoms with van der Waals surface area (Å²) in [5, 5.41) is 1.40. The molecule has 1 fully saturated rings. The molecule has 0 atom stereocenters. The highest BCUT2D eigenvalue weighted by molar-refractivity contribution is 6.33. The summed E-state index contributed by atoms with van der Waals surface area (Å²) in [7, 11) is 0. The van der Waals surface area contributed by atoms with E-state index >= 15 is 0 Å². The molecule has 0 saturated heterocycles. The minimum atomic E-state index is -0.362. The second-order valence-corrected chi connectivity index (χ2v) is 7.05. The summed E-state index contributed by atoms with van der Waals surface area (Å²) in [4.78, 5) is 14.5. The van der Waals surface area contributed by atoms with Gasteiger partial charge >= 0.3 is 5.63 Å². The average Bonchev–Trinajstić information content (AvgIpc) is 3.48. The molecular weight excluding hydrogens is 338 g/mol. The second kappa shape index (κ2) is 5.61. The van der Waals surface area contributed by atoms with Gasteiger partial charge in [0.2, 0.25) is 0 Å². The Morgan fingerprint density at radius 3 is 2.68 bits per heavy atom. The predicted molar refractivity (Wildman–Crippen MR) is 97.0 cm³/mol. The molecule has 4 nitrogen and oxygen atoms in total. The van der Waals surface area contributed by atoms with Crippen molar-refractivity contribution in [2.75, 3.05) is 6.73 Å². The van der Waals surface area contributed by atoms with Crippen LogP contribution in [0.5, 0.6) is 5.75 Å². The number of rotatable bonds is 2. The van der Waals surface area contributed by atoms with Crippen LogP contribution in [-0.4, -0.2) is 17.7 Å². The van der Waals surface area contributed by atoms with Crippen molar-refractivity contribution < 1.29 is 9.15 Å². The van der Waals surface area contributed by atoms with Crippen LogP contribution in [0.2, 0.25) is 5.02 Å². The maximum atomic E-state index is 12.2. The molecule has 3 aromatic rings. The summed E-state index contributed by atoms with van der Waals surface area (Å²) in [6.45, 7) is 1.23. The average molecular weight is 354 g/mol. The fraction of sp³-hybridized carbons (Fsp3) is 0.250. The van der Waals surface area contributed by atoms with E-state index in [4.69, 9.17) is 20.8 Å². The molecule has 1 aromatic heterocycles. The molecule has 5 heteroatoms. The minimum Gasteiger partial charge on any atom is -0.476 e. The molecule has 0 N–H and O–H groups in total. The van der Waals surface area contributed by atoms with Gasteiger partial charge in [-0.3, -0.25) is 4.90 Å². The van der Waals surface area contributed by atoms with E-state index in [0.717, 1.165) is 22.1 Å². The van der Waals surface area contributed by atoms with Gasteiger partial charge in [-0.05, 0) is 30.0 Å². The molecule has 1 saturated carbocycles. The maximum absolute atomic E-state index is 12.2. The molecule has 126 valence electrons. The van der Waals surface area contributed by atoms with E-state index in [9.17, 15) is 4.79 Å². The van der Waals surface area contributed by atoms with Crippen LogP contribution in [0.25, 0.3) is 22.1 Å². The van der Waals surface area contributed by atoms with E-state index in [0.29, 0.717) is 35.7 Å². The molecule has 0 unspecified atom stereocenters. The lowest BCUT2D eigenvalue weighted by molar-refractivity contribution is 0.0886. The molecule has 2 aliphatic rings. The van der Waals surface area contributed by atoms with Crippen LogP contribution >= 0.6 is 11.6 Å². The molecule has 2 heterocycles. The molecule has 1 aliphatic heterocycles. The number of nitrogens with zero attached hydrogens (tertiary/aromatic N) is 1. The molecule has 25 heavy (non-hydrogen) atoms. The largest absolute Gasteiger partial charge is 0.476 e. The van der Waals surface area contributed by atoms with Gasteiger partial charge in [-0.25, -0.2) is 4.79 Å². The van der Waals surface area contributed by atoms with Crippen molar-refractivity contribution in [3.05, 3.63) is 63.5 Å². The van der Waals surface area contributed by atoms with Gasteiger partial charge in [-0.1, -0.05) is 41.9 Å². The third kappa shape index (κ3) is 2.53. The Bertz CT molecular complexity index is 1020. The van der Waals surface area contributed by atoms with Crippen molar-refractivity contribution in [2.24, 2.45) is 0 Å². The lowest BCUT2D eigenvalue weighted by atomic mass is 9.99. The first-order valence-corrected chi connectivity index (χ1v) is 8.80. The Morgan fingerprint density at radius 2 is 1.92 bits per heavy atom. The van der Waals surface area contributed by atoms with Gasteiger partial charge < -0.3 is 9.15 Å². The van der Waals surface area contributed by atoms with Gasteiger partial charge in [0, 0.05) is 24.0 Å². The van der Waals surface area contributed by atoms with Gasteiger partial charge in [-0.15, -0.1) is 0 Å². The van der Waals surface area contributed by atoms with Gasteiger partial charge in [0.1, 0.15) is 18.1 Å². The SMILES string of the molecule is O=c1cc(-c2ccccc2)c2cc(Cl)c3c(c2o1)CN(C1CC1)CO3. The summed E-state index contributed by atoms with van der Waals surface area (Å²) in [5.41, 5.74) is 2.89. The molecule has 5 rings (SSSR count). The van der Waals surface area contributed by atoms with Crippen LogP contribution in [0.15, 0.2) is 51.7 Å². The number of fused-ring (bicyclic) bond motifs is 3. The molecule has 0 radical (unpaired) electrons. The number of ether oxygens (including phenoxy) is 1. The summed E-state index contributed by atoms with van der Waals surface area (Å²) >= 11 is 6.50. The lowest BCUT2D eigenvalue weighted by Gasteiger charge is -2.30. The first-order chi connectivity index (χ1) is 12.2. The Morgan fingerprint density at radius 1 is 1.12 bits per heavy atom. The van der Waals surface area contributed by atoms with Crippen molar-refractivity contribution in [2.45, 2.75) is 25.4 Å². The van der Waals surface area contributed by atoms with E-state index in [1.165, 1.54) is 18.9 Å². The summed E-state index contributed by atoms with van der Waals surface area (Å²) in [6, 6.07) is 13.8. The highest BCUT2D eigenvalue weighted by atomic mass is 35.5. The Labute approximate surface area is 149 Å². The van der Waals surface area contributed by atoms with Gasteiger partial charge in [0.25, 0.3) is 0 Å². The highest BCUT2D eigenvalue weighted by Crippen LogP contribution is 2.43. The number of hydrogen-bond donors (Lipinski definition) is 0. The van der Waals surface area contributed by atoms with Crippen LogP contribution in [0, 0.1) is 0 Å². The number of halogens is 1. The van der Waals surface area contributed by atoms with Crippen LogP contribution < -0.4 is 10.4 Å². The number of hydrogen-bond acceptors (Lipinski definition) is 4. The summed E-state index contributed by atoms with van der Waals surface area (Å²) < 4.78 is 11.5. The van der Waals surface area contributed by atoms with Crippen molar-refractivity contribution in [3.63, 3.8) is 0 Å². The van der Waals surface area contributed by atoms with Crippen LogP contribution in [-0.2, 0) is 6.54 Å². The zero-order valence-electron chi connectivity index (χ0n) is 13.5. The van der Waals surface area contributed by atoms with Crippen LogP contribution in [0.4, 0.5) is 0 Å². The zero-order chi connectivity index (χ0) is 17.0. The van der Waals surface area contributed by atoms with Crippen molar-refractivity contribution >= 4 is 22.6 Å². The first kappa shape index (κ1) is 15.0. The topological polar surface area (TPSA) is 42.7 Å². The third-order valence-electron chi connectivity index (χ3n) is 4.92. The quantitative estimate of drug-likeness (QED) is 0.639. The highest BCUT2D eigenvalue weighted by Gasteiger charge is 2.34. The Hall–Kier alpha value is -2.30. The van der Waals surface area contributed by atoms with Gasteiger partial charge in [-0.2, -0.15) is 0 Å². The van der Waals surface area contributed by atoms with E-state index in [1.807, 2.05) is 36.4 Å². The van der Waals surface area contributed by atoms with Gasteiger partial charge in [0.05, 0.1) is 10.6 Å². The minimum absolute atomic E-state index is 0.362. The fourth-order valence-corrected chi connectivity index (χ4v) is 3.81. The Kier molecular flexibility index (Phi) is 3.37. The zero-order valence-corrected chi connectivity index (χ0v) is 14.3. The normalized spacial score (nSPS) is 17.3. The van der Waals surface area contributed by atoms with E-state index < -0.39 is 0 Å². The van der Waals surface area contributed by atoms with E-state index in [2.05, 4.69) is 4.90 Å². The van der Waals surface area contributed by atoms with E-state index in [1.54, 1.807) is 0 Å². The van der Waals surface area contributed by atoms with Crippen molar-refractivity contribution in [3.8, 4) is 16.9 Å². The van der Waals surface area contributed by atoms with Gasteiger partial charge in [0.15, 0.2) is 0 Å². The second-order valence-electron chi connectivity index (χ2n) is 6.64. The Balaban J connectivity index is 1.77.